The Hall–Kier alpha value is -2.98. The second kappa shape index (κ2) is 14.5. The van der Waals surface area contributed by atoms with Gasteiger partial charge in [-0.25, -0.2) is 8.42 Å². The third-order valence-electron chi connectivity index (χ3n) is 6.50. The van der Waals surface area contributed by atoms with Gasteiger partial charge in [-0.2, -0.15) is 0 Å². The number of nitrogens with one attached hydrogen (secondary N) is 1. The van der Waals surface area contributed by atoms with Crippen molar-refractivity contribution in [2.45, 2.75) is 45.2 Å². The van der Waals surface area contributed by atoms with Crippen LogP contribution in [0, 0.1) is 12.8 Å². The monoisotopic (exact) mass is 653 g/mol. The molecule has 8 nitrogen and oxygen atoms in total. The molecular weight excluding hydrogens is 621 g/mol. The average molecular weight is 655 g/mol. The highest BCUT2D eigenvalue weighted by atomic mass is 35.5. The van der Waals surface area contributed by atoms with Crippen LogP contribution in [0.2, 0.25) is 15.1 Å². The van der Waals surface area contributed by atoms with Crippen LogP contribution in [0.25, 0.3) is 0 Å². The zero-order valence-corrected chi connectivity index (χ0v) is 27.1. The zero-order chi connectivity index (χ0) is 31.2. The van der Waals surface area contributed by atoms with E-state index in [9.17, 15) is 18.0 Å². The number of nitrogens with zero attached hydrogens (tertiary/aromatic N) is 2. The molecule has 0 spiro atoms. The van der Waals surface area contributed by atoms with Gasteiger partial charge in [0.2, 0.25) is 11.8 Å². The van der Waals surface area contributed by atoms with E-state index in [1.807, 2.05) is 20.8 Å². The fraction of sp³-hybridized carbons (Fsp3) is 0.333. The largest absolute Gasteiger partial charge is 0.495 e. The molecular formula is C30H34Cl3N3O5S. The van der Waals surface area contributed by atoms with Gasteiger partial charge in [0.1, 0.15) is 18.3 Å². The molecule has 0 heterocycles. The summed E-state index contributed by atoms with van der Waals surface area (Å²) < 4.78 is 34.1. The third kappa shape index (κ3) is 8.31. The number of halogens is 3. The highest BCUT2D eigenvalue weighted by Gasteiger charge is 2.33. The van der Waals surface area contributed by atoms with Gasteiger partial charge in [-0.15, -0.1) is 0 Å². The molecule has 0 saturated heterocycles. The molecule has 0 fully saturated rings. The maximum Gasteiger partial charge on any atom is 0.264 e. The number of sulfonamides is 1. The van der Waals surface area contributed by atoms with Crippen LogP contribution in [0.4, 0.5) is 5.69 Å². The van der Waals surface area contributed by atoms with Crippen LogP contribution in [0.3, 0.4) is 0 Å². The lowest BCUT2D eigenvalue weighted by atomic mass is 10.1. The summed E-state index contributed by atoms with van der Waals surface area (Å²) in [6, 6.07) is 14.7. The first-order chi connectivity index (χ1) is 19.7. The number of carbonyl (C=O) groups excluding carboxylic acids is 2. The van der Waals surface area contributed by atoms with Crippen LogP contribution >= 0.6 is 34.8 Å². The lowest BCUT2D eigenvalue weighted by Crippen LogP contribution is -2.51. The predicted octanol–water partition coefficient (Wildman–Crippen LogP) is 6.35. The van der Waals surface area contributed by atoms with Crippen molar-refractivity contribution >= 4 is 62.3 Å². The zero-order valence-electron chi connectivity index (χ0n) is 24.0. The van der Waals surface area contributed by atoms with E-state index >= 15 is 0 Å². The maximum absolute atomic E-state index is 14.0. The second-order valence-electron chi connectivity index (χ2n) is 10.2. The number of methoxy groups -OCH3 is 1. The normalized spacial score (nSPS) is 12.1. The van der Waals surface area contributed by atoms with Crippen LogP contribution < -0.4 is 14.4 Å². The van der Waals surface area contributed by atoms with Gasteiger partial charge in [0.15, 0.2) is 0 Å². The number of ether oxygens (including phenoxy) is 1. The van der Waals surface area contributed by atoms with Gasteiger partial charge in [-0.1, -0.05) is 72.4 Å². The molecule has 2 amide bonds. The van der Waals surface area contributed by atoms with Crippen LogP contribution in [-0.2, 0) is 26.2 Å². The molecule has 0 aliphatic carbocycles. The Morgan fingerprint density at radius 3 is 2.14 bits per heavy atom. The molecule has 0 bridgehead atoms. The summed E-state index contributed by atoms with van der Waals surface area (Å²) in [5, 5.41) is 3.64. The van der Waals surface area contributed by atoms with Crippen LogP contribution in [-0.4, -0.2) is 51.4 Å². The van der Waals surface area contributed by atoms with Gasteiger partial charge in [0.05, 0.1) is 32.8 Å². The standard InChI is InChI=1S/C30H34Cl3N3O5S/c1-19(2)16-34-30(38)21(4)35(17-22-8-12-25(31)26(32)14-22)29(37)18-36(23-9-13-28(41-5)27(33)15-23)42(39,40)24-10-6-20(3)7-11-24/h6-15,19,21H,16-18H2,1-5H3,(H,34,38). The Labute approximate surface area is 262 Å². The van der Waals surface area contributed by atoms with Gasteiger partial charge in [-0.3, -0.25) is 13.9 Å². The SMILES string of the molecule is COc1ccc(N(CC(=O)N(Cc2ccc(Cl)c(Cl)c2)C(C)C(=O)NCC(C)C)S(=O)(=O)c2ccc(C)cc2)cc1Cl. The van der Waals surface area contributed by atoms with Crippen molar-refractivity contribution in [3.8, 4) is 5.75 Å². The number of aryl methyl sites for hydroxylation is 1. The van der Waals surface area contributed by atoms with Gasteiger partial charge < -0.3 is 15.0 Å². The van der Waals surface area contributed by atoms with E-state index < -0.39 is 28.5 Å². The average Bonchev–Trinajstić information content (AvgIpc) is 2.94. The second-order valence-corrected chi connectivity index (χ2v) is 13.3. The number of benzene rings is 3. The summed E-state index contributed by atoms with van der Waals surface area (Å²) in [5.41, 5.74) is 1.64. The fourth-order valence-electron chi connectivity index (χ4n) is 4.05. The highest BCUT2D eigenvalue weighted by molar-refractivity contribution is 7.92. The highest BCUT2D eigenvalue weighted by Crippen LogP contribution is 2.32. The van der Waals surface area contributed by atoms with E-state index in [1.54, 1.807) is 37.3 Å². The van der Waals surface area contributed by atoms with Gasteiger partial charge in [0, 0.05) is 13.1 Å². The Morgan fingerprint density at radius 1 is 0.905 bits per heavy atom. The van der Waals surface area contributed by atoms with Crippen molar-refractivity contribution < 1.29 is 22.7 Å². The molecule has 3 rings (SSSR count). The summed E-state index contributed by atoms with van der Waals surface area (Å²) in [6.45, 7) is 7.13. The molecule has 1 N–H and O–H groups in total. The van der Waals surface area contributed by atoms with Crippen LogP contribution in [0.5, 0.6) is 5.75 Å². The fourth-order valence-corrected chi connectivity index (χ4v) is 6.02. The first-order valence-electron chi connectivity index (χ1n) is 13.2. The van der Waals surface area contributed by atoms with Gasteiger partial charge in [0.25, 0.3) is 10.0 Å². The van der Waals surface area contributed by atoms with Crippen molar-refractivity contribution in [1.29, 1.82) is 0 Å². The molecule has 0 radical (unpaired) electrons. The molecule has 1 unspecified atom stereocenters. The molecule has 1 atom stereocenters. The number of hydrogen-bond donors (Lipinski definition) is 1. The molecule has 12 heteroatoms. The minimum atomic E-state index is -4.24. The number of carbonyl (C=O) groups is 2. The Balaban J connectivity index is 2.06. The van der Waals surface area contributed by atoms with Crippen molar-refractivity contribution in [1.82, 2.24) is 10.2 Å². The smallest absolute Gasteiger partial charge is 0.264 e. The summed E-state index contributed by atoms with van der Waals surface area (Å²) >= 11 is 18.7. The van der Waals surface area contributed by atoms with Crippen molar-refractivity contribution in [2.24, 2.45) is 5.92 Å². The maximum atomic E-state index is 14.0. The van der Waals surface area contributed by atoms with E-state index in [1.165, 1.54) is 42.3 Å². The molecule has 0 aliphatic rings. The number of amides is 2. The van der Waals surface area contributed by atoms with Crippen molar-refractivity contribution in [2.75, 3.05) is 24.5 Å². The van der Waals surface area contributed by atoms with Gasteiger partial charge >= 0.3 is 0 Å². The number of hydrogen-bond acceptors (Lipinski definition) is 5. The van der Waals surface area contributed by atoms with E-state index in [0.717, 1.165) is 9.87 Å². The lowest BCUT2D eigenvalue weighted by Gasteiger charge is -2.32. The Bertz CT molecular complexity index is 1530. The van der Waals surface area contributed by atoms with E-state index in [0.29, 0.717) is 22.9 Å². The summed E-state index contributed by atoms with van der Waals surface area (Å²) in [7, 11) is -2.80. The summed E-state index contributed by atoms with van der Waals surface area (Å²) in [4.78, 5) is 28.5. The predicted molar refractivity (Wildman–Crippen MR) is 168 cm³/mol. The molecule has 0 aliphatic heterocycles. The molecule has 0 saturated carbocycles. The van der Waals surface area contributed by atoms with Crippen molar-refractivity contribution in [3.63, 3.8) is 0 Å². The van der Waals surface area contributed by atoms with Gasteiger partial charge in [-0.05, 0) is 67.8 Å². The lowest BCUT2D eigenvalue weighted by molar-refractivity contribution is -0.139. The van der Waals surface area contributed by atoms with Crippen molar-refractivity contribution in [3.05, 3.63) is 86.9 Å². The first kappa shape index (κ1) is 33.5. The Morgan fingerprint density at radius 2 is 1.57 bits per heavy atom. The molecule has 3 aromatic carbocycles. The molecule has 3 aromatic rings. The third-order valence-corrected chi connectivity index (χ3v) is 9.32. The molecule has 226 valence electrons. The Kier molecular flexibility index (Phi) is 11.5. The topological polar surface area (TPSA) is 96.0 Å². The first-order valence-corrected chi connectivity index (χ1v) is 15.8. The van der Waals surface area contributed by atoms with E-state index in [4.69, 9.17) is 39.5 Å². The van der Waals surface area contributed by atoms with Crippen LogP contribution in [0.1, 0.15) is 31.9 Å². The van der Waals surface area contributed by atoms with E-state index in [2.05, 4.69) is 5.32 Å². The minimum Gasteiger partial charge on any atom is -0.495 e. The number of rotatable bonds is 12. The summed E-state index contributed by atoms with van der Waals surface area (Å²) in [6.07, 6.45) is 0. The quantitative estimate of drug-likeness (QED) is 0.246. The molecule has 42 heavy (non-hydrogen) atoms. The minimum absolute atomic E-state index is 0.00778. The van der Waals surface area contributed by atoms with Crippen LogP contribution in [0.15, 0.2) is 65.6 Å². The molecule has 0 aromatic heterocycles. The number of anilines is 1. The summed E-state index contributed by atoms with van der Waals surface area (Å²) in [5.74, 6) is -0.458. The van der Waals surface area contributed by atoms with E-state index in [-0.39, 0.29) is 39.0 Å².